The van der Waals surface area contributed by atoms with Gasteiger partial charge in [-0.15, -0.1) is 0 Å². The number of benzene rings is 1. The fourth-order valence-electron chi connectivity index (χ4n) is 3.21. The van der Waals surface area contributed by atoms with Crippen molar-refractivity contribution in [2.75, 3.05) is 13.1 Å². The standard InChI is InChI=1S/C19H16F2N4O2/c20-14-5-3-12(4-6-14)19(26)25-9-1-2-13(11-25)17-23-18(27-24-17)15-7-8-22-10-16(15)21/h3-8,10,13H,1-2,9,11H2/t13-/m0/s1. The quantitative estimate of drug-likeness (QED) is 0.706. The first kappa shape index (κ1) is 17.3. The smallest absolute Gasteiger partial charge is 0.261 e. The fraction of sp³-hybridized carbons (Fsp3) is 0.263. The van der Waals surface area contributed by atoms with E-state index in [4.69, 9.17) is 4.52 Å². The van der Waals surface area contributed by atoms with Gasteiger partial charge in [0.15, 0.2) is 11.6 Å². The second kappa shape index (κ2) is 7.22. The molecule has 0 bridgehead atoms. The maximum Gasteiger partial charge on any atom is 0.261 e. The minimum Gasteiger partial charge on any atom is -0.338 e. The van der Waals surface area contributed by atoms with E-state index in [9.17, 15) is 13.6 Å². The van der Waals surface area contributed by atoms with Crippen LogP contribution in [0.2, 0.25) is 0 Å². The summed E-state index contributed by atoms with van der Waals surface area (Å²) in [5.74, 6) is -0.658. The number of rotatable bonds is 3. The van der Waals surface area contributed by atoms with Crippen LogP contribution in [0.25, 0.3) is 11.5 Å². The Hall–Kier alpha value is -3.16. The summed E-state index contributed by atoms with van der Waals surface area (Å²) in [6, 6.07) is 6.95. The Bertz CT molecular complexity index is 958. The van der Waals surface area contributed by atoms with Gasteiger partial charge in [-0.25, -0.2) is 8.78 Å². The van der Waals surface area contributed by atoms with Crippen LogP contribution in [0, 0.1) is 11.6 Å². The molecule has 0 unspecified atom stereocenters. The van der Waals surface area contributed by atoms with Crippen LogP contribution in [0.3, 0.4) is 0 Å². The third-order valence-corrected chi connectivity index (χ3v) is 4.61. The molecule has 1 atom stereocenters. The van der Waals surface area contributed by atoms with Gasteiger partial charge in [-0.2, -0.15) is 4.98 Å². The molecule has 1 saturated heterocycles. The van der Waals surface area contributed by atoms with Crippen LogP contribution < -0.4 is 0 Å². The van der Waals surface area contributed by atoms with E-state index in [-0.39, 0.29) is 29.1 Å². The van der Waals surface area contributed by atoms with Crippen LogP contribution in [-0.4, -0.2) is 39.0 Å². The lowest BCUT2D eigenvalue weighted by atomic mass is 9.96. The highest BCUT2D eigenvalue weighted by Gasteiger charge is 2.29. The number of pyridine rings is 1. The van der Waals surface area contributed by atoms with Crippen molar-refractivity contribution in [2.24, 2.45) is 0 Å². The maximum atomic E-state index is 13.8. The first-order valence-corrected chi connectivity index (χ1v) is 8.60. The molecule has 27 heavy (non-hydrogen) atoms. The van der Waals surface area contributed by atoms with Crippen molar-refractivity contribution in [1.29, 1.82) is 0 Å². The molecule has 138 valence electrons. The summed E-state index contributed by atoms with van der Waals surface area (Å²) in [6.07, 6.45) is 4.12. The summed E-state index contributed by atoms with van der Waals surface area (Å²) in [5.41, 5.74) is 0.628. The first-order chi connectivity index (χ1) is 13.1. The zero-order valence-corrected chi connectivity index (χ0v) is 14.3. The predicted octanol–water partition coefficient (Wildman–Crippen LogP) is 3.43. The SMILES string of the molecule is O=C(c1ccc(F)cc1)N1CCC[C@H](c2noc(-c3ccncc3F)n2)C1. The van der Waals surface area contributed by atoms with Gasteiger partial charge in [0.05, 0.1) is 11.8 Å². The van der Waals surface area contributed by atoms with Gasteiger partial charge in [-0.1, -0.05) is 5.16 Å². The highest BCUT2D eigenvalue weighted by Crippen LogP contribution is 2.28. The van der Waals surface area contributed by atoms with Gasteiger partial charge in [0, 0.05) is 30.8 Å². The average Bonchev–Trinajstić information content (AvgIpc) is 3.18. The van der Waals surface area contributed by atoms with Gasteiger partial charge in [0.2, 0.25) is 0 Å². The van der Waals surface area contributed by atoms with E-state index < -0.39 is 5.82 Å². The van der Waals surface area contributed by atoms with Gasteiger partial charge in [0.25, 0.3) is 11.8 Å². The molecular weight excluding hydrogens is 354 g/mol. The van der Waals surface area contributed by atoms with Crippen molar-refractivity contribution in [3.05, 3.63) is 65.7 Å². The second-order valence-electron chi connectivity index (χ2n) is 6.41. The molecule has 2 aromatic heterocycles. The number of hydrogen-bond donors (Lipinski definition) is 0. The molecule has 1 aromatic carbocycles. The summed E-state index contributed by atoms with van der Waals surface area (Å²) >= 11 is 0. The van der Waals surface area contributed by atoms with E-state index in [1.54, 1.807) is 4.90 Å². The van der Waals surface area contributed by atoms with Crippen molar-refractivity contribution >= 4 is 5.91 Å². The molecule has 6 nitrogen and oxygen atoms in total. The minimum atomic E-state index is -0.538. The van der Waals surface area contributed by atoms with Gasteiger partial charge < -0.3 is 9.42 Å². The molecule has 8 heteroatoms. The minimum absolute atomic E-state index is 0.0897. The second-order valence-corrected chi connectivity index (χ2v) is 6.41. The van der Waals surface area contributed by atoms with Gasteiger partial charge in [-0.3, -0.25) is 9.78 Å². The lowest BCUT2D eigenvalue weighted by Crippen LogP contribution is -2.39. The van der Waals surface area contributed by atoms with Gasteiger partial charge >= 0.3 is 0 Å². The number of carbonyl (C=O) groups excluding carboxylic acids is 1. The Morgan fingerprint density at radius 1 is 1.19 bits per heavy atom. The molecule has 0 N–H and O–H groups in total. The van der Waals surface area contributed by atoms with Crippen LogP contribution in [-0.2, 0) is 0 Å². The third kappa shape index (κ3) is 3.55. The van der Waals surface area contributed by atoms with Crippen LogP contribution >= 0.6 is 0 Å². The van der Waals surface area contributed by atoms with E-state index >= 15 is 0 Å². The monoisotopic (exact) mass is 370 g/mol. The maximum absolute atomic E-state index is 13.8. The third-order valence-electron chi connectivity index (χ3n) is 4.61. The number of likely N-dealkylation sites (tertiary alicyclic amines) is 1. The molecule has 4 rings (SSSR count). The summed E-state index contributed by atoms with van der Waals surface area (Å²) in [4.78, 5) is 22.3. The lowest BCUT2D eigenvalue weighted by molar-refractivity contribution is 0.0703. The Morgan fingerprint density at radius 2 is 2.00 bits per heavy atom. The van der Waals surface area contributed by atoms with Gasteiger partial charge in [-0.05, 0) is 43.2 Å². The Balaban J connectivity index is 1.51. The van der Waals surface area contributed by atoms with E-state index in [1.807, 2.05) is 0 Å². The highest BCUT2D eigenvalue weighted by molar-refractivity contribution is 5.94. The Kier molecular flexibility index (Phi) is 4.62. The molecule has 1 aliphatic heterocycles. The molecule has 3 aromatic rings. The predicted molar refractivity (Wildman–Crippen MR) is 91.8 cm³/mol. The Labute approximate surface area is 153 Å². The van der Waals surface area contributed by atoms with Crippen LogP contribution in [0.4, 0.5) is 8.78 Å². The van der Waals surface area contributed by atoms with Crippen LogP contribution in [0.15, 0.2) is 47.2 Å². The fourth-order valence-corrected chi connectivity index (χ4v) is 3.21. The molecule has 0 spiro atoms. The van der Waals surface area contributed by atoms with E-state index in [0.717, 1.165) is 19.0 Å². The normalized spacial score (nSPS) is 17.1. The molecule has 1 fully saturated rings. The number of carbonyl (C=O) groups is 1. The average molecular weight is 370 g/mol. The Morgan fingerprint density at radius 3 is 2.78 bits per heavy atom. The lowest BCUT2D eigenvalue weighted by Gasteiger charge is -2.31. The number of hydrogen-bond acceptors (Lipinski definition) is 5. The summed E-state index contributed by atoms with van der Waals surface area (Å²) in [6.45, 7) is 1.03. The number of nitrogens with zero attached hydrogens (tertiary/aromatic N) is 4. The van der Waals surface area contributed by atoms with Crippen molar-refractivity contribution in [2.45, 2.75) is 18.8 Å². The summed E-state index contributed by atoms with van der Waals surface area (Å²) < 4.78 is 32.1. The summed E-state index contributed by atoms with van der Waals surface area (Å²) in [5, 5.41) is 3.97. The van der Waals surface area contributed by atoms with E-state index in [1.165, 1.54) is 36.5 Å². The first-order valence-electron chi connectivity index (χ1n) is 8.60. The van der Waals surface area contributed by atoms with Crippen molar-refractivity contribution in [3.8, 4) is 11.5 Å². The molecule has 1 amide bonds. The van der Waals surface area contributed by atoms with Crippen LogP contribution in [0.1, 0.15) is 34.9 Å². The van der Waals surface area contributed by atoms with Crippen molar-refractivity contribution in [1.82, 2.24) is 20.0 Å². The molecule has 0 radical (unpaired) electrons. The number of piperidine rings is 1. The van der Waals surface area contributed by atoms with Crippen LogP contribution in [0.5, 0.6) is 0 Å². The summed E-state index contributed by atoms with van der Waals surface area (Å²) in [7, 11) is 0. The van der Waals surface area contributed by atoms with Crippen molar-refractivity contribution < 1.29 is 18.1 Å². The number of aromatic nitrogens is 3. The highest BCUT2D eigenvalue weighted by atomic mass is 19.1. The van der Waals surface area contributed by atoms with E-state index in [2.05, 4.69) is 15.1 Å². The molecular formula is C19H16F2N4O2. The van der Waals surface area contributed by atoms with Crippen molar-refractivity contribution in [3.63, 3.8) is 0 Å². The topological polar surface area (TPSA) is 72.1 Å². The largest absolute Gasteiger partial charge is 0.338 e. The zero-order valence-electron chi connectivity index (χ0n) is 14.3. The van der Waals surface area contributed by atoms with E-state index in [0.29, 0.717) is 24.5 Å². The number of halogens is 2. The zero-order chi connectivity index (χ0) is 18.8. The number of amides is 1. The van der Waals surface area contributed by atoms with Gasteiger partial charge in [0.1, 0.15) is 5.82 Å². The molecule has 0 saturated carbocycles. The molecule has 3 heterocycles. The molecule has 1 aliphatic rings. The molecule has 0 aliphatic carbocycles.